The van der Waals surface area contributed by atoms with Crippen molar-refractivity contribution >= 4 is 28.7 Å². The molecule has 2 N–H and O–H groups in total. The number of hydrogen-bond acceptors (Lipinski definition) is 4. The van der Waals surface area contributed by atoms with E-state index in [0.29, 0.717) is 23.2 Å². The van der Waals surface area contributed by atoms with Crippen molar-refractivity contribution in [2.75, 3.05) is 37.5 Å². The van der Waals surface area contributed by atoms with Crippen LogP contribution in [0.1, 0.15) is 25.3 Å². The van der Waals surface area contributed by atoms with Crippen molar-refractivity contribution in [3.8, 4) is 11.5 Å². The number of piperidine rings is 1. The van der Waals surface area contributed by atoms with Gasteiger partial charge in [-0.15, -0.1) is 0 Å². The summed E-state index contributed by atoms with van der Waals surface area (Å²) in [5, 5.41) is 7.01. The minimum atomic E-state index is 0.571. The zero-order valence-electron chi connectivity index (χ0n) is 16.8. The number of rotatable bonds is 6. The van der Waals surface area contributed by atoms with Gasteiger partial charge < -0.3 is 25.0 Å². The lowest BCUT2D eigenvalue weighted by Crippen LogP contribution is -2.34. The van der Waals surface area contributed by atoms with E-state index in [-0.39, 0.29) is 0 Å². The summed E-state index contributed by atoms with van der Waals surface area (Å²) in [5.41, 5.74) is 3.36. The van der Waals surface area contributed by atoms with Gasteiger partial charge >= 0.3 is 0 Å². The molecule has 0 aromatic heterocycles. The summed E-state index contributed by atoms with van der Waals surface area (Å²) in [4.78, 5) is 2.48. The first kappa shape index (κ1) is 20.3. The molecule has 150 valence electrons. The van der Waals surface area contributed by atoms with Gasteiger partial charge in [0.1, 0.15) is 0 Å². The minimum Gasteiger partial charge on any atom is -0.493 e. The molecule has 0 saturated carbocycles. The molecule has 28 heavy (non-hydrogen) atoms. The maximum Gasteiger partial charge on any atom is 0.171 e. The Labute approximate surface area is 173 Å². The van der Waals surface area contributed by atoms with Crippen LogP contribution in [0.25, 0.3) is 0 Å². The van der Waals surface area contributed by atoms with E-state index in [1.807, 2.05) is 18.2 Å². The summed E-state index contributed by atoms with van der Waals surface area (Å²) in [7, 11) is 3.24. The number of hydrogen-bond donors (Lipinski definition) is 2. The first-order valence-corrected chi connectivity index (χ1v) is 10.1. The molecule has 3 rings (SSSR count). The van der Waals surface area contributed by atoms with Crippen LogP contribution in [0.4, 0.5) is 11.4 Å². The van der Waals surface area contributed by atoms with Gasteiger partial charge in [-0.2, -0.15) is 0 Å². The van der Waals surface area contributed by atoms with Crippen LogP contribution in [0.15, 0.2) is 42.5 Å². The van der Waals surface area contributed by atoms with Crippen LogP contribution >= 0.6 is 12.2 Å². The van der Waals surface area contributed by atoms with E-state index in [0.717, 1.165) is 24.7 Å². The Hall–Kier alpha value is -2.47. The largest absolute Gasteiger partial charge is 0.493 e. The van der Waals surface area contributed by atoms with E-state index in [1.54, 1.807) is 14.2 Å². The highest BCUT2D eigenvalue weighted by Crippen LogP contribution is 2.29. The quantitative estimate of drug-likeness (QED) is 0.701. The molecule has 1 heterocycles. The normalized spacial score (nSPS) is 16.4. The fourth-order valence-corrected chi connectivity index (χ4v) is 3.71. The third kappa shape index (κ3) is 5.29. The van der Waals surface area contributed by atoms with E-state index in [4.69, 9.17) is 21.7 Å². The maximum atomic E-state index is 5.41. The molecule has 0 spiro atoms. The molecule has 6 heteroatoms. The highest BCUT2D eigenvalue weighted by Gasteiger charge is 2.16. The van der Waals surface area contributed by atoms with E-state index in [9.17, 15) is 0 Å². The second kappa shape index (κ2) is 9.64. The highest BCUT2D eigenvalue weighted by molar-refractivity contribution is 7.80. The van der Waals surface area contributed by atoms with Crippen LogP contribution < -0.4 is 25.0 Å². The lowest BCUT2D eigenvalue weighted by Gasteiger charge is -2.32. The predicted molar refractivity (Wildman–Crippen MR) is 120 cm³/mol. The minimum absolute atomic E-state index is 0.571. The molecular weight excluding hydrogens is 370 g/mol. The average molecular weight is 400 g/mol. The van der Waals surface area contributed by atoms with Crippen molar-refractivity contribution < 1.29 is 9.47 Å². The number of ether oxygens (including phenoxy) is 2. The molecule has 0 radical (unpaired) electrons. The summed E-state index contributed by atoms with van der Waals surface area (Å²) >= 11 is 5.41. The summed E-state index contributed by atoms with van der Waals surface area (Å²) in [5.74, 6) is 2.13. The fraction of sp³-hybridized carbons (Fsp3) is 0.409. The third-order valence-corrected chi connectivity index (χ3v) is 5.30. The Kier molecular flexibility index (Phi) is 6.98. The molecule has 1 atom stereocenters. The number of benzene rings is 2. The summed E-state index contributed by atoms with van der Waals surface area (Å²) in [6.07, 6.45) is 2.61. The van der Waals surface area contributed by atoms with Gasteiger partial charge in [-0.05, 0) is 60.8 Å². The van der Waals surface area contributed by atoms with E-state index >= 15 is 0 Å². The van der Waals surface area contributed by atoms with E-state index < -0.39 is 0 Å². The molecule has 0 amide bonds. The first-order chi connectivity index (χ1) is 13.6. The predicted octanol–water partition coefficient (Wildman–Crippen LogP) is 4.43. The Balaban J connectivity index is 1.52. The van der Waals surface area contributed by atoms with Gasteiger partial charge in [0.2, 0.25) is 0 Å². The highest BCUT2D eigenvalue weighted by atomic mass is 32.1. The van der Waals surface area contributed by atoms with Crippen LogP contribution in [0.2, 0.25) is 0 Å². The van der Waals surface area contributed by atoms with Gasteiger partial charge in [-0.25, -0.2) is 0 Å². The van der Waals surface area contributed by atoms with Gasteiger partial charge in [-0.1, -0.05) is 19.1 Å². The zero-order valence-corrected chi connectivity index (χ0v) is 17.6. The number of nitrogens with zero attached hydrogens (tertiary/aromatic N) is 1. The Morgan fingerprint density at radius 2 is 1.86 bits per heavy atom. The van der Waals surface area contributed by atoms with Crippen molar-refractivity contribution in [1.82, 2.24) is 5.32 Å². The molecule has 5 nitrogen and oxygen atoms in total. The summed E-state index contributed by atoms with van der Waals surface area (Å²) in [6, 6.07) is 14.4. The summed E-state index contributed by atoms with van der Waals surface area (Å²) < 4.78 is 10.6. The van der Waals surface area contributed by atoms with Crippen LogP contribution in [-0.4, -0.2) is 32.4 Å². The molecule has 2 aromatic rings. The Morgan fingerprint density at radius 3 is 2.54 bits per heavy atom. The molecule has 0 aliphatic carbocycles. The third-order valence-electron chi connectivity index (χ3n) is 5.05. The number of methoxy groups -OCH3 is 2. The second-order valence-corrected chi connectivity index (χ2v) is 7.65. The maximum absolute atomic E-state index is 5.41. The van der Waals surface area contributed by atoms with Gasteiger partial charge in [-0.3, -0.25) is 0 Å². The number of thiocarbonyl (C=S) groups is 1. The number of nitrogens with one attached hydrogen (secondary N) is 2. The van der Waals surface area contributed by atoms with E-state index in [2.05, 4.69) is 46.7 Å². The molecule has 1 aliphatic rings. The van der Waals surface area contributed by atoms with E-state index in [1.165, 1.54) is 24.1 Å². The average Bonchev–Trinajstić information content (AvgIpc) is 2.72. The lowest BCUT2D eigenvalue weighted by molar-refractivity contribution is 0.355. The van der Waals surface area contributed by atoms with Crippen LogP contribution in [-0.2, 0) is 6.54 Å². The standard InChI is InChI=1S/C22H29N3O2S/c1-16-5-4-12-25(15-16)19-9-6-17(7-10-19)14-23-22(28)24-18-8-11-20(26-2)21(13-18)27-3/h6-11,13,16H,4-5,12,14-15H2,1-3H3,(H2,23,24,28)/t16-/m1/s1. The molecule has 0 unspecified atom stereocenters. The lowest BCUT2D eigenvalue weighted by atomic mass is 9.99. The molecule has 2 aromatic carbocycles. The first-order valence-electron chi connectivity index (χ1n) is 9.70. The Bertz CT molecular complexity index is 795. The van der Waals surface area contributed by atoms with Crippen molar-refractivity contribution in [3.05, 3.63) is 48.0 Å². The van der Waals surface area contributed by atoms with Gasteiger partial charge in [0.15, 0.2) is 16.6 Å². The topological polar surface area (TPSA) is 45.8 Å². The van der Waals surface area contributed by atoms with Crippen molar-refractivity contribution in [3.63, 3.8) is 0 Å². The van der Waals surface area contributed by atoms with Crippen molar-refractivity contribution in [2.24, 2.45) is 5.92 Å². The van der Waals surface area contributed by atoms with Gasteiger partial charge in [0.05, 0.1) is 14.2 Å². The zero-order chi connectivity index (χ0) is 19.9. The van der Waals surface area contributed by atoms with Crippen LogP contribution in [0.5, 0.6) is 11.5 Å². The van der Waals surface area contributed by atoms with Crippen molar-refractivity contribution in [1.29, 1.82) is 0 Å². The second-order valence-electron chi connectivity index (χ2n) is 7.24. The molecule has 1 saturated heterocycles. The van der Waals surface area contributed by atoms with Gasteiger partial charge in [0, 0.05) is 37.1 Å². The number of anilines is 2. The van der Waals surface area contributed by atoms with Crippen LogP contribution in [0, 0.1) is 5.92 Å². The fourth-order valence-electron chi connectivity index (χ4n) is 3.52. The molecule has 0 bridgehead atoms. The Morgan fingerprint density at radius 1 is 1.11 bits per heavy atom. The molecule has 1 aliphatic heterocycles. The van der Waals surface area contributed by atoms with Crippen LogP contribution in [0.3, 0.4) is 0 Å². The van der Waals surface area contributed by atoms with Gasteiger partial charge in [0.25, 0.3) is 0 Å². The van der Waals surface area contributed by atoms with Crippen molar-refractivity contribution in [2.45, 2.75) is 26.3 Å². The summed E-state index contributed by atoms with van der Waals surface area (Å²) in [6.45, 7) is 5.31. The molecular formula is C22H29N3O2S. The SMILES string of the molecule is COc1ccc(NC(=S)NCc2ccc(N3CCC[C@@H](C)C3)cc2)cc1OC. The monoisotopic (exact) mass is 399 g/mol. The smallest absolute Gasteiger partial charge is 0.171 e. The molecule has 1 fully saturated rings.